The molecular formula is C24H24FN7OS. The van der Waals surface area contributed by atoms with Crippen LogP contribution < -0.4 is 5.32 Å². The molecule has 174 valence electrons. The number of hydrogen-bond donors (Lipinski definition) is 1. The third-order valence-electron chi connectivity index (χ3n) is 7.15. The molecule has 2 aliphatic heterocycles. The molecule has 1 saturated carbocycles. The number of halogens is 1. The molecule has 3 aromatic heterocycles. The summed E-state index contributed by atoms with van der Waals surface area (Å²) in [5.41, 5.74) is 2.36. The molecule has 0 spiro atoms. The van der Waals surface area contributed by atoms with E-state index in [0.29, 0.717) is 35.3 Å². The number of aryl methyl sites for hydroxylation is 1. The highest BCUT2D eigenvalue weighted by molar-refractivity contribution is 7.22. The average molecular weight is 478 g/mol. The van der Waals surface area contributed by atoms with Crippen LogP contribution in [0.4, 0.5) is 9.52 Å². The first-order valence-corrected chi connectivity index (χ1v) is 12.3. The second-order valence-electron chi connectivity index (χ2n) is 9.18. The summed E-state index contributed by atoms with van der Waals surface area (Å²) < 4.78 is 14.5. The summed E-state index contributed by atoms with van der Waals surface area (Å²) in [6, 6.07) is 8.54. The topological polar surface area (TPSA) is 88.8 Å². The van der Waals surface area contributed by atoms with E-state index in [0.717, 1.165) is 28.4 Å². The van der Waals surface area contributed by atoms with E-state index in [1.807, 2.05) is 24.0 Å². The standard InChI is InChI=1S/C24H24FN7OS/c1-13-3-5-19(32-27-7-8-28-32)22(29-13)23(33)31-17-9-15(10-17)14(2)20(31)12-26-24-30-18-11-16(25)4-6-21(18)34-24/h3-8,11,14-15,17,20H,9-10,12H2,1-2H3,(H,26,30)/t14-,15?,17?,20-/m1/s1. The summed E-state index contributed by atoms with van der Waals surface area (Å²) in [6.45, 7) is 4.67. The van der Waals surface area contributed by atoms with E-state index in [2.05, 4.69) is 32.4 Å². The SMILES string of the molecule is Cc1ccc(-n2nccn2)c(C(=O)N2C3CC(C3)[C@@H](C)[C@H]2CNc2nc3cc(F)ccc3s2)n1. The molecule has 0 radical (unpaired) electrons. The van der Waals surface area contributed by atoms with Crippen LogP contribution in [-0.2, 0) is 0 Å². The Labute approximate surface area is 199 Å². The maximum absolute atomic E-state index is 14.0. The largest absolute Gasteiger partial charge is 0.359 e. The first-order valence-electron chi connectivity index (χ1n) is 11.4. The quantitative estimate of drug-likeness (QED) is 0.466. The van der Waals surface area contributed by atoms with Gasteiger partial charge in [0.2, 0.25) is 0 Å². The van der Waals surface area contributed by atoms with Crippen molar-refractivity contribution in [2.24, 2.45) is 11.8 Å². The van der Waals surface area contributed by atoms with Gasteiger partial charge in [-0.2, -0.15) is 10.2 Å². The van der Waals surface area contributed by atoms with Gasteiger partial charge in [-0.25, -0.2) is 14.4 Å². The van der Waals surface area contributed by atoms with Gasteiger partial charge in [-0.1, -0.05) is 18.3 Å². The summed E-state index contributed by atoms with van der Waals surface area (Å²) in [5.74, 6) is 0.562. The molecule has 4 aromatic rings. The van der Waals surface area contributed by atoms with E-state index < -0.39 is 0 Å². The van der Waals surface area contributed by atoms with Crippen LogP contribution in [0.3, 0.4) is 0 Å². The van der Waals surface area contributed by atoms with E-state index in [-0.39, 0.29) is 23.8 Å². The van der Waals surface area contributed by atoms with Crippen LogP contribution in [0.1, 0.15) is 35.9 Å². The highest BCUT2D eigenvalue weighted by Gasteiger charge is 2.51. The number of aromatic nitrogens is 5. The molecule has 3 aliphatic rings. The summed E-state index contributed by atoms with van der Waals surface area (Å²) >= 11 is 1.49. The lowest BCUT2D eigenvalue weighted by molar-refractivity contribution is -0.0505. The number of nitrogens with one attached hydrogen (secondary N) is 1. The van der Waals surface area contributed by atoms with Gasteiger partial charge >= 0.3 is 0 Å². The zero-order valence-electron chi connectivity index (χ0n) is 18.8. The summed E-state index contributed by atoms with van der Waals surface area (Å²) in [6.07, 6.45) is 5.21. The fourth-order valence-electron chi connectivity index (χ4n) is 5.22. The number of hydrogen-bond acceptors (Lipinski definition) is 7. The minimum atomic E-state index is -0.296. The fourth-order valence-corrected chi connectivity index (χ4v) is 6.08. The monoisotopic (exact) mass is 477 g/mol. The smallest absolute Gasteiger partial charge is 0.275 e. The number of benzene rings is 1. The molecule has 2 bridgehead atoms. The van der Waals surface area contributed by atoms with E-state index in [4.69, 9.17) is 0 Å². The van der Waals surface area contributed by atoms with Crippen LogP contribution in [0.15, 0.2) is 42.7 Å². The van der Waals surface area contributed by atoms with Gasteiger partial charge in [0.05, 0.1) is 28.7 Å². The highest BCUT2D eigenvalue weighted by Crippen LogP contribution is 2.47. The molecule has 1 amide bonds. The van der Waals surface area contributed by atoms with Gasteiger partial charge in [0.15, 0.2) is 10.8 Å². The van der Waals surface area contributed by atoms with Crippen LogP contribution in [0.2, 0.25) is 0 Å². The number of amides is 1. The molecular weight excluding hydrogens is 453 g/mol. The number of anilines is 1. The van der Waals surface area contributed by atoms with Gasteiger partial charge in [-0.3, -0.25) is 4.79 Å². The number of rotatable bonds is 5. The highest BCUT2D eigenvalue weighted by atomic mass is 32.1. The van der Waals surface area contributed by atoms with E-state index in [1.165, 1.54) is 28.3 Å². The molecule has 0 unspecified atom stereocenters. The third-order valence-corrected chi connectivity index (χ3v) is 8.14. The molecule has 2 saturated heterocycles. The van der Waals surface area contributed by atoms with Crippen molar-refractivity contribution in [2.45, 2.75) is 38.8 Å². The van der Waals surface area contributed by atoms with Crippen molar-refractivity contribution in [3.63, 3.8) is 0 Å². The van der Waals surface area contributed by atoms with Gasteiger partial charge < -0.3 is 10.2 Å². The predicted molar refractivity (Wildman–Crippen MR) is 128 cm³/mol. The molecule has 2 atom stereocenters. The number of carbonyl (C=O) groups is 1. The zero-order chi connectivity index (χ0) is 23.4. The van der Waals surface area contributed by atoms with E-state index in [1.54, 1.807) is 18.5 Å². The minimum absolute atomic E-state index is 0.00510. The Balaban J connectivity index is 1.30. The number of fused-ring (bicyclic) bond motifs is 3. The van der Waals surface area contributed by atoms with Crippen molar-refractivity contribution in [3.05, 3.63) is 59.9 Å². The molecule has 3 fully saturated rings. The molecule has 1 aliphatic carbocycles. The maximum Gasteiger partial charge on any atom is 0.275 e. The lowest BCUT2D eigenvalue weighted by Gasteiger charge is -2.57. The van der Waals surface area contributed by atoms with Crippen LogP contribution in [0, 0.1) is 24.6 Å². The summed E-state index contributed by atoms with van der Waals surface area (Å²) in [4.78, 5) is 26.6. The number of nitrogens with zero attached hydrogens (tertiary/aromatic N) is 6. The number of pyridine rings is 1. The third kappa shape index (κ3) is 3.53. The predicted octanol–water partition coefficient (Wildman–Crippen LogP) is 4.07. The van der Waals surface area contributed by atoms with Gasteiger partial charge in [0.1, 0.15) is 11.5 Å². The van der Waals surface area contributed by atoms with Crippen molar-refractivity contribution in [2.75, 3.05) is 11.9 Å². The van der Waals surface area contributed by atoms with Gasteiger partial charge in [0.25, 0.3) is 5.91 Å². The molecule has 7 rings (SSSR count). The van der Waals surface area contributed by atoms with Gasteiger partial charge in [-0.15, -0.1) is 4.80 Å². The van der Waals surface area contributed by atoms with Crippen LogP contribution in [0.5, 0.6) is 0 Å². The molecule has 1 aromatic carbocycles. The number of carbonyl (C=O) groups excluding carboxylic acids is 1. The van der Waals surface area contributed by atoms with Crippen molar-refractivity contribution >= 4 is 32.6 Å². The molecule has 34 heavy (non-hydrogen) atoms. The lowest BCUT2D eigenvalue weighted by atomic mass is 9.64. The summed E-state index contributed by atoms with van der Waals surface area (Å²) in [7, 11) is 0. The Kier molecular flexibility index (Phi) is 5.05. The Bertz CT molecular complexity index is 1370. The van der Waals surface area contributed by atoms with Gasteiger partial charge in [-0.05, 0) is 55.9 Å². The molecule has 10 heteroatoms. The van der Waals surface area contributed by atoms with Crippen LogP contribution in [0.25, 0.3) is 15.9 Å². The summed E-state index contributed by atoms with van der Waals surface area (Å²) in [5, 5.41) is 12.6. The lowest BCUT2D eigenvalue weighted by Crippen LogP contribution is -2.64. The van der Waals surface area contributed by atoms with E-state index >= 15 is 0 Å². The second-order valence-corrected chi connectivity index (χ2v) is 10.2. The Hall–Kier alpha value is -3.40. The van der Waals surface area contributed by atoms with Crippen molar-refractivity contribution in [1.82, 2.24) is 29.9 Å². The number of thiazole rings is 1. The molecule has 5 heterocycles. The van der Waals surface area contributed by atoms with Crippen molar-refractivity contribution < 1.29 is 9.18 Å². The first-order chi connectivity index (χ1) is 16.5. The van der Waals surface area contributed by atoms with Crippen molar-refractivity contribution in [1.29, 1.82) is 0 Å². The minimum Gasteiger partial charge on any atom is -0.359 e. The Morgan fingerprint density at radius 2 is 1.97 bits per heavy atom. The second kappa shape index (κ2) is 8.12. The van der Waals surface area contributed by atoms with E-state index in [9.17, 15) is 9.18 Å². The van der Waals surface area contributed by atoms with Gasteiger partial charge in [0, 0.05) is 24.3 Å². The Morgan fingerprint density at radius 1 is 1.18 bits per heavy atom. The molecule has 8 nitrogen and oxygen atoms in total. The molecule has 1 N–H and O–H groups in total. The zero-order valence-corrected chi connectivity index (χ0v) is 19.7. The number of piperidine rings is 2. The van der Waals surface area contributed by atoms with Crippen LogP contribution in [-0.4, -0.2) is 54.4 Å². The van der Waals surface area contributed by atoms with Crippen molar-refractivity contribution in [3.8, 4) is 5.69 Å². The van der Waals surface area contributed by atoms with Crippen LogP contribution >= 0.6 is 11.3 Å². The Morgan fingerprint density at radius 3 is 2.76 bits per heavy atom. The maximum atomic E-state index is 14.0. The fraction of sp³-hybridized carbons (Fsp3) is 0.375. The first kappa shape index (κ1) is 21.2. The average Bonchev–Trinajstić information content (AvgIpc) is 3.46. The normalized spacial score (nSPS) is 23.7.